The lowest BCUT2D eigenvalue weighted by atomic mass is 10.1. The maximum Gasteiger partial charge on any atom is 0.118 e. The molecule has 0 aliphatic rings. The Morgan fingerprint density at radius 2 is 2.00 bits per heavy atom. The van der Waals surface area contributed by atoms with Crippen LogP contribution in [-0.4, -0.2) is 36.6 Å². The number of thiocarbonyl (C=S) groups is 1. The van der Waals surface area contributed by atoms with E-state index in [0.717, 1.165) is 31.8 Å². The Kier molecular flexibility index (Phi) is 6.81. The topological polar surface area (TPSA) is 38.5 Å². The van der Waals surface area contributed by atoms with Gasteiger partial charge in [-0.2, -0.15) is 0 Å². The van der Waals surface area contributed by atoms with Crippen molar-refractivity contribution in [3.05, 3.63) is 29.8 Å². The molecular weight excluding hydrogens is 256 g/mol. The minimum absolute atomic E-state index is 0.269. The van der Waals surface area contributed by atoms with Gasteiger partial charge >= 0.3 is 0 Å². The summed E-state index contributed by atoms with van der Waals surface area (Å²) in [5.74, 6) is 1.17. The van der Waals surface area contributed by atoms with E-state index in [2.05, 4.69) is 30.9 Å². The standard InChI is InChI=1S/C15H24N2OS/c1-4-17(11-12(2)15(16)19)10-9-13-5-7-14(18-3)8-6-13/h5-8,12H,4,9-11H2,1-3H3,(H2,16,19). The number of ether oxygens (including phenoxy) is 1. The zero-order valence-corrected chi connectivity index (χ0v) is 12.9. The van der Waals surface area contributed by atoms with E-state index in [9.17, 15) is 0 Å². The molecule has 0 radical (unpaired) electrons. The largest absolute Gasteiger partial charge is 0.497 e. The van der Waals surface area contributed by atoms with Crippen LogP contribution < -0.4 is 10.5 Å². The second-order valence-corrected chi connectivity index (χ2v) is 5.27. The highest BCUT2D eigenvalue weighted by Gasteiger charge is 2.10. The maximum atomic E-state index is 5.67. The molecule has 1 aromatic rings. The summed E-state index contributed by atoms with van der Waals surface area (Å²) >= 11 is 5.03. The molecule has 1 unspecified atom stereocenters. The zero-order chi connectivity index (χ0) is 14.3. The van der Waals surface area contributed by atoms with Crippen LogP contribution in [-0.2, 0) is 6.42 Å². The van der Waals surface area contributed by atoms with Crippen molar-refractivity contribution in [3.63, 3.8) is 0 Å². The quantitative estimate of drug-likeness (QED) is 0.743. The first kappa shape index (κ1) is 15.9. The molecule has 0 saturated carbocycles. The molecule has 1 aromatic carbocycles. The molecule has 0 aromatic heterocycles. The fraction of sp³-hybridized carbons (Fsp3) is 0.533. The van der Waals surface area contributed by atoms with Gasteiger partial charge in [0.2, 0.25) is 0 Å². The Morgan fingerprint density at radius 1 is 1.37 bits per heavy atom. The van der Waals surface area contributed by atoms with Gasteiger partial charge in [-0.3, -0.25) is 0 Å². The van der Waals surface area contributed by atoms with Crippen LogP contribution in [0.15, 0.2) is 24.3 Å². The average Bonchev–Trinajstić information content (AvgIpc) is 2.43. The fourth-order valence-electron chi connectivity index (χ4n) is 1.94. The van der Waals surface area contributed by atoms with E-state index in [4.69, 9.17) is 22.7 Å². The van der Waals surface area contributed by atoms with Crippen LogP contribution in [0.1, 0.15) is 19.4 Å². The van der Waals surface area contributed by atoms with Gasteiger partial charge in [0.15, 0.2) is 0 Å². The van der Waals surface area contributed by atoms with Crippen molar-refractivity contribution < 1.29 is 4.74 Å². The van der Waals surface area contributed by atoms with Crippen molar-refractivity contribution in [1.29, 1.82) is 0 Å². The molecule has 0 aliphatic carbocycles. The highest BCUT2D eigenvalue weighted by molar-refractivity contribution is 7.80. The Labute approximate surface area is 121 Å². The van der Waals surface area contributed by atoms with Crippen LogP contribution >= 0.6 is 12.2 Å². The zero-order valence-electron chi connectivity index (χ0n) is 12.1. The van der Waals surface area contributed by atoms with E-state index < -0.39 is 0 Å². The van der Waals surface area contributed by atoms with Crippen LogP contribution in [0.5, 0.6) is 5.75 Å². The van der Waals surface area contributed by atoms with Crippen LogP contribution in [0.25, 0.3) is 0 Å². The van der Waals surface area contributed by atoms with Crippen LogP contribution in [0.2, 0.25) is 0 Å². The lowest BCUT2D eigenvalue weighted by Crippen LogP contribution is -2.35. The Hall–Kier alpha value is -1.13. The second-order valence-electron chi connectivity index (χ2n) is 4.79. The number of likely N-dealkylation sites (N-methyl/N-ethyl adjacent to an activating group) is 1. The maximum absolute atomic E-state index is 5.67. The third-order valence-electron chi connectivity index (χ3n) is 3.34. The van der Waals surface area contributed by atoms with Gasteiger partial charge in [0.05, 0.1) is 12.1 Å². The van der Waals surface area contributed by atoms with Crippen molar-refractivity contribution in [1.82, 2.24) is 4.90 Å². The third kappa shape index (κ3) is 5.57. The first-order valence-corrected chi connectivity index (χ1v) is 7.12. The summed E-state index contributed by atoms with van der Waals surface area (Å²) in [6.07, 6.45) is 1.03. The van der Waals surface area contributed by atoms with Crippen molar-refractivity contribution in [2.45, 2.75) is 20.3 Å². The van der Waals surface area contributed by atoms with E-state index in [1.165, 1.54) is 5.56 Å². The van der Waals surface area contributed by atoms with Gasteiger partial charge in [-0.1, -0.05) is 38.2 Å². The Balaban J connectivity index is 2.45. The summed E-state index contributed by atoms with van der Waals surface area (Å²) in [5, 5.41) is 0. The molecule has 0 saturated heterocycles. The molecule has 3 nitrogen and oxygen atoms in total. The second kappa shape index (κ2) is 8.12. The van der Waals surface area contributed by atoms with Crippen LogP contribution in [0, 0.1) is 5.92 Å². The van der Waals surface area contributed by atoms with Crippen molar-refractivity contribution in [2.75, 3.05) is 26.7 Å². The van der Waals surface area contributed by atoms with E-state index in [-0.39, 0.29) is 5.92 Å². The highest BCUT2D eigenvalue weighted by atomic mass is 32.1. The van der Waals surface area contributed by atoms with Gasteiger partial charge < -0.3 is 15.4 Å². The molecule has 1 rings (SSSR count). The van der Waals surface area contributed by atoms with E-state index >= 15 is 0 Å². The first-order valence-electron chi connectivity index (χ1n) is 6.71. The lowest BCUT2D eigenvalue weighted by Gasteiger charge is -2.23. The summed E-state index contributed by atoms with van der Waals surface area (Å²) in [5.41, 5.74) is 6.99. The summed E-state index contributed by atoms with van der Waals surface area (Å²) in [6.45, 7) is 7.22. The molecule has 19 heavy (non-hydrogen) atoms. The van der Waals surface area contributed by atoms with Gasteiger partial charge in [0.25, 0.3) is 0 Å². The van der Waals surface area contributed by atoms with Crippen molar-refractivity contribution >= 4 is 17.2 Å². The van der Waals surface area contributed by atoms with Gasteiger partial charge in [-0.25, -0.2) is 0 Å². The van der Waals surface area contributed by atoms with Crippen molar-refractivity contribution in [2.24, 2.45) is 11.7 Å². The molecule has 0 aliphatic heterocycles. The van der Waals surface area contributed by atoms with Crippen LogP contribution in [0.4, 0.5) is 0 Å². The summed E-state index contributed by atoms with van der Waals surface area (Å²) in [4.78, 5) is 2.98. The number of benzene rings is 1. The molecule has 106 valence electrons. The predicted octanol–water partition coefficient (Wildman–Crippen LogP) is 2.48. The molecule has 0 bridgehead atoms. The molecule has 0 spiro atoms. The Morgan fingerprint density at radius 3 is 2.47 bits per heavy atom. The van der Waals surface area contributed by atoms with Gasteiger partial charge in [-0.05, 0) is 30.7 Å². The summed E-state index contributed by atoms with van der Waals surface area (Å²) in [6, 6.07) is 8.24. The number of methoxy groups -OCH3 is 1. The van der Waals surface area contributed by atoms with E-state index in [0.29, 0.717) is 4.99 Å². The van der Waals surface area contributed by atoms with Crippen molar-refractivity contribution in [3.8, 4) is 5.75 Å². The van der Waals surface area contributed by atoms with Gasteiger partial charge in [0.1, 0.15) is 5.75 Å². The van der Waals surface area contributed by atoms with Gasteiger partial charge in [0, 0.05) is 19.0 Å². The van der Waals surface area contributed by atoms with Gasteiger partial charge in [-0.15, -0.1) is 0 Å². The summed E-state index contributed by atoms with van der Waals surface area (Å²) < 4.78 is 5.16. The molecule has 1 atom stereocenters. The molecule has 0 heterocycles. The SMILES string of the molecule is CCN(CCc1ccc(OC)cc1)CC(C)C(N)=S. The smallest absolute Gasteiger partial charge is 0.118 e. The highest BCUT2D eigenvalue weighted by Crippen LogP contribution is 2.12. The molecule has 0 fully saturated rings. The minimum Gasteiger partial charge on any atom is -0.497 e. The number of hydrogen-bond acceptors (Lipinski definition) is 3. The minimum atomic E-state index is 0.269. The van der Waals surface area contributed by atoms with E-state index in [1.54, 1.807) is 7.11 Å². The monoisotopic (exact) mass is 280 g/mol. The fourth-order valence-corrected chi connectivity index (χ4v) is 2.01. The van der Waals surface area contributed by atoms with Crippen LogP contribution in [0.3, 0.4) is 0 Å². The third-order valence-corrected chi connectivity index (χ3v) is 3.74. The number of rotatable bonds is 8. The molecule has 2 N–H and O–H groups in total. The molecule has 0 amide bonds. The number of nitrogens with zero attached hydrogens (tertiary/aromatic N) is 1. The number of hydrogen-bond donors (Lipinski definition) is 1. The summed E-state index contributed by atoms with van der Waals surface area (Å²) in [7, 11) is 1.69. The normalized spacial score (nSPS) is 12.4. The lowest BCUT2D eigenvalue weighted by molar-refractivity contribution is 0.275. The first-order chi connectivity index (χ1) is 9.06. The Bertz CT molecular complexity index is 392. The number of nitrogens with two attached hydrogens (primary N) is 1. The van der Waals surface area contributed by atoms with E-state index in [1.807, 2.05) is 12.1 Å². The molecular formula is C15H24N2OS. The predicted molar refractivity (Wildman–Crippen MR) is 84.8 cm³/mol. The average molecular weight is 280 g/mol. The molecule has 4 heteroatoms.